The van der Waals surface area contributed by atoms with E-state index in [0.29, 0.717) is 24.1 Å². The van der Waals surface area contributed by atoms with Crippen LogP contribution in [0.25, 0.3) is 0 Å². The molecule has 0 spiro atoms. The summed E-state index contributed by atoms with van der Waals surface area (Å²) in [6.45, 7) is 0. The number of aromatic amines is 1. The Morgan fingerprint density at radius 1 is 1.11 bits per heavy atom. The summed E-state index contributed by atoms with van der Waals surface area (Å²) >= 11 is 0. The summed E-state index contributed by atoms with van der Waals surface area (Å²) in [7, 11) is 0. The Hall–Kier alpha value is -1.11. The highest BCUT2D eigenvalue weighted by Gasteiger charge is 2.63. The lowest BCUT2D eigenvalue weighted by Gasteiger charge is -2.24. The molecule has 2 N–H and O–H groups in total. The molecule has 0 aromatic carbocycles. The van der Waals surface area contributed by atoms with E-state index in [-0.39, 0.29) is 0 Å². The standard InChI is InChI=1S/C11H12F5NO/c12-10(13,11(14,15)16)9(18)8-5-6-3-1-2-4-7(6)17-8/h5,9,17-18H,1-4H2. The van der Waals surface area contributed by atoms with Gasteiger partial charge in [0, 0.05) is 5.69 Å². The highest BCUT2D eigenvalue weighted by Crippen LogP contribution is 2.44. The van der Waals surface area contributed by atoms with Gasteiger partial charge < -0.3 is 10.1 Å². The van der Waals surface area contributed by atoms with E-state index in [1.54, 1.807) is 0 Å². The van der Waals surface area contributed by atoms with Crippen molar-refractivity contribution in [3.05, 3.63) is 23.0 Å². The number of halogens is 5. The third kappa shape index (κ3) is 2.11. The van der Waals surface area contributed by atoms with Crippen LogP contribution in [0.4, 0.5) is 22.0 Å². The third-order valence-electron chi connectivity index (χ3n) is 3.15. The highest BCUT2D eigenvalue weighted by atomic mass is 19.4. The monoisotopic (exact) mass is 269 g/mol. The van der Waals surface area contributed by atoms with E-state index in [4.69, 9.17) is 0 Å². The number of hydrogen-bond acceptors (Lipinski definition) is 1. The molecule has 0 radical (unpaired) electrons. The van der Waals surface area contributed by atoms with Crippen molar-refractivity contribution in [2.75, 3.05) is 0 Å². The summed E-state index contributed by atoms with van der Waals surface area (Å²) in [5.74, 6) is -5.15. The number of aromatic nitrogens is 1. The second-order valence-electron chi connectivity index (χ2n) is 4.46. The van der Waals surface area contributed by atoms with Crippen LogP contribution in [-0.2, 0) is 12.8 Å². The largest absolute Gasteiger partial charge is 0.456 e. The lowest BCUT2D eigenvalue weighted by Crippen LogP contribution is -2.42. The minimum absolute atomic E-state index is 0.468. The third-order valence-corrected chi connectivity index (χ3v) is 3.15. The van der Waals surface area contributed by atoms with Crippen molar-refractivity contribution in [3.63, 3.8) is 0 Å². The number of hydrogen-bond donors (Lipinski definition) is 2. The Kier molecular flexibility index (Phi) is 3.12. The van der Waals surface area contributed by atoms with E-state index in [1.807, 2.05) is 0 Å². The first-order valence-corrected chi connectivity index (χ1v) is 5.56. The van der Waals surface area contributed by atoms with Crippen LogP contribution in [0.3, 0.4) is 0 Å². The molecule has 2 rings (SSSR count). The molecule has 1 aromatic rings. The fourth-order valence-corrected chi connectivity index (χ4v) is 2.13. The number of rotatable bonds is 2. The molecule has 1 aliphatic carbocycles. The molecular formula is C11H12F5NO. The van der Waals surface area contributed by atoms with Crippen molar-refractivity contribution in [2.24, 2.45) is 0 Å². The molecule has 0 bridgehead atoms. The molecule has 1 atom stereocenters. The molecule has 0 saturated heterocycles. The molecule has 0 fully saturated rings. The summed E-state index contributed by atoms with van der Waals surface area (Å²) in [5.41, 5.74) is 0.894. The van der Waals surface area contributed by atoms with Crippen LogP contribution >= 0.6 is 0 Å². The molecule has 7 heteroatoms. The van der Waals surface area contributed by atoms with Gasteiger partial charge in [0.2, 0.25) is 0 Å². The van der Waals surface area contributed by atoms with Gasteiger partial charge in [-0.25, -0.2) is 0 Å². The van der Waals surface area contributed by atoms with Crippen molar-refractivity contribution in [1.82, 2.24) is 4.98 Å². The Morgan fingerprint density at radius 3 is 2.28 bits per heavy atom. The zero-order chi connectivity index (χ0) is 13.6. The van der Waals surface area contributed by atoms with Crippen molar-refractivity contribution < 1.29 is 27.1 Å². The summed E-state index contributed by atoms with van der Waals surface area (Å²) in [5, 5.41) is 9.23. The van der Waals surface area contributed by atoms with Crippen LogP contribution in [0.5, 0.6) is 0 Å². The second kappa shape index (κ2) is 4.22. The maximum Gasteiger partial charge on any atom is 0.456 e. The highest BCUT2D eigenvalue weighted by molar-refractivity contribution is 5.30. The number of nitrogens with one attached hydrogen (secondary N) is 1. The van der Waals surface area contributed by atoms with E-state index in [9.17, 15) is 27.1 Å². The molecule has 0 amide bonds. The Labute approximate surface area is 99.8 Å². The molecule has 1 aliphatic rings. The van der Waals surface area contributed by atoms with Crippen LogP contribution in [0.2, 0.25) is 0 Å². The zero-order valence-corrected chi connectivity index (χ0v) is 9.32. The molecule has 1 aromatic heterocycles. The molecule has 1 unspecified atom stereocenters. The smallest absolute Gasteiger partial charge is 0.380 e. The van der Waals surface area contributed by atoms with Crippen LogP contribution in [0.15, 0.2) is 6.07 Å². The average Bonchev–Trinajstić information content (AvgIpc) is 2.69. The van der Waals surface area contributed by atoms with E-state index in [1.165, 1.54) is 6.07 Å². The van der Waals surface area contributed by atoms with Gasteiger partial charge in [0.1, 0.15) is 0 Å². The Balaban J connectivity index is 2.29. The Morgan fingerprint density at radius 2 is 1.72 bits per heavy atom. The van der Waals surface area contributed by atoms with Crippen molar-refractivity contribution in [1.29, 1.82) is 0 Å². The minimum atomic E-state index is -5.77. The quantitative estimate of drug-likeness (QED) is 0.795. The van der Waals surface area contributed by atoms with E-state index in [2.05, 4.69) is 4.98 Å². The van der Waals surface area contributed by atoms with Gasteiger partial charge >= 0.3 is 12.1 Å². The number of H-pyrrole nitrogens is 1. The molecule has 102 valence electrons. The fraction of sp³-hybridized carbons (Fsp3) is 0.636. The molecule has 1 heterocycles. The number of alkyl halides is 5. The Bertz CT molecular complexity index is 414. The number of aryl methyl sites for hydroxylation is 2. The number of aliphatic hydroxyl groups excluding tert-OH is 1. The van der Waals surface area contributed by atoms with Crippen LogP contribution in [-0.4, -0.2) is 22.2 Å². The predicted octanol–water partition coefficient (Wildman–Crippen LogP) is 3.12. The molecule has 2 nitrogen and oxygen atoms in total. The summed E-state index contributed by atoms with van der Waals surface area (Å²) < 4.78 is 62.3. The summed E-state index contributed by atoms with van der Waals surface area (Å²) in [4.78, 5) is 2.48. The van der Waals surface area contributed by atoms with Gasteiger partial charge in [-0.1, -0.05) is 0 Å². The van der Waals surface area contributed by atoms with E-state index >= 15 is 0 Å². The van der Waals surface area contributed by atoms with E-state index < -0.39 is 23.9 Å². The first-order valence-electron chi connectivity index (χ1n) is 5.56. The van der Waals surface area contributed by atoms with Gasteiger partial charge in [0.05, 0.1) is 5.69 Å². The molecule has 0 saturated carbocycles. The van der Waals surface area contributed by atoms with Crippen LogP contribution in [0, 0.1) is 0 Å². The van der Waals surface area contributed by atoms with Crippen molar-refractivity contribution in [2.45, 2.75) is 43.9 Å². The zero-order valence-electron chi connectivity index (χ0n) is 9.32. The topological polar surface area (TPSA) is 36.0 Å². The van der Waals surface area contributed by atoms with Gasteiger partial charge in [0.25, 0.3) is 0 Å². The first-order chi connectivity index (χ1) is 8.23. The van der Waals surface area contributed by atoms with Crippen molar-refractivity contribution >= 4 is 0 Å². The van der Waals surface area contributed by atoms with Gasteiger partial charge in [-0.15, -0.1) is 0 Å². The SMILES string of the molecule is OC(c1cc2c([nH]1)CCCC2)C(F)(F)C(F)(F)F. The first kappa shape index (κ1) is 13.3. The van der Waals surface area contributed by atoms with Gasteiger partial charge in [-0.05, 0) is 37.3 Å². The normalized spacial score (nSPS) is 18.6. The number of fused-ring (bicyclic) bond motifs is 1. The minimum Gasteiger partial charge on any atom is -0.380 e. The predicted molar refractivity (Wildman–Crippen MR) is 53.4 cm³/mol. The van der Waals surface area contributed by atoms with Gasteiger partial charge in [-0.2, -0.15) is 22.0 Å². The molecule has 18 heavy (non-hydrogen) atoms. The maximum absolute atomic E-state index is 13.0. The van der Waals surface area contributed by atoms with Gasteiger partial charge in [-0.3, -0.25) is 0 Å². The molecular weight excluding hydrogens is 257 g/mol. The number of aliphatic hydroxyl groups is 1. The lowest BCUT2D eigenvalue weighted by molar-refractivity contribution is -0.315. The average molecular weight is 269 g/mol. The van der Waals surface area contributed by atoms with Crippen LogP contribution in [0.1, 0.15) is 35.9 Å². The van der Waals surface area contributed by atoms with E-state index in [0.717, 1.165) is 12.8 Å². The summed E-state index contributed by atoms with van der Waals surface area (Å²) in [6, 6.07) is 1.21. The fourth-order valence-electron chi connectivity index (χ4n) is 2.13. The van der Waals surface area contributed by atoms with Crippen molar-refractivity contribution in [3.8, 4) is 0 Å². The maximum atomic E-state index is 13.0. The molecule has 0 aliphatic heterocycles. The van der Waals surface area contributed by atoms with Crippen LogP contribution < -0.4 is 0 Å². The summed E-state index contributed by atoms with van der Waals surface area (Å²) in [6.07, 6.45) is -5.68. The second-order valence-corrected chi connectivity index (χ2v) is 4.46. The lowest BCUT2D eigenvalue weighted by atomic mass is 9.98. The van der Waals surface area contributed by atoms with Gasteiger partial charge in [0.15, 0.2) is 6.10 Å².